The summed E-state index contributed by atoms with van der Waals surface area (Å²) in [5.41, 5.74) is 5.91. The van der Waals surface area contributed by atoms with Crippen LogP contribution in [-0.4, -0.2) is 31.4 Å². The third kappa shape index (κ3) is 4.67. The van der Waals surface area contributed by atoms with E-state index in [1.165, 1.54) is 11.8 Å². The standard InChI is InChI=1S/C24H23N5OS/c1-16-13-14-17(2)22(15-16)29-24(26-27-28-29)31-18(3)23(30)25-21-12-8-7-11-20(21)19-9-5-4-6-10-19/h4-15,18H,1-3H3,(H,25,30). The fourth-order valence-electron chi connectivity index (χ4n) is 3.26. The maximum atomic E-state index is 13.0. The lowest BCUT2D eigenvalue weighted by molar-refractivity contribution is -0.115. The summed E-state index contributed by atoms with van der Waals surface area (Å²) in [6, 6.07) is 23.9. The molecule has 0 bridgehead atoms. The van der Waals surface area contributed by atoms with E-state index in [2.05, 4.69) is 26.9 Å². The van der Waals surface area contributed by atoms with E-state index in [9.17, 15) is 4.79 Å². The van der Waals surface area contributed by atoms with E-state index in [-0.39, 0.29) is 5.91 Å². The van der Waals surface area contributed by atoms with Crippen LogP contribution in [0, 0.1) is 13.8 Å². The Kier molecular flexibility index (Phi) is 6.13. The average Bonchev–Trinajstić information content (AvgIpc) is 3.24. The van der Waals surface area contributed by atoms with Gasteiger partial charge in [0, 0.05) is 11.3 Å². The molecule has 1 aromatic heterocycles. The van der Waals surface area contributed by atoms with Gasteiger partial charge in [0.05, 0.1) is 10.9 Å². The molecule has 6 nitrogen and oxygen atoms in total. The first-order chi connectivity index (χ1) is 15.0. The highest BCUT2D eigenvalue weighted by Crippen LogP contribution is 2.29. The van der Waals surface area contributed by atoms with Crippen LogP contribution in [-0.2, 0) is 4.79 Å². The molecule has 0 saturated carbocycles. The van der Waals surface area contributed by atoms with Crippen molar-refractivity contribution in [1.82, 2.24) is 20.2 Å². The Bertz CT molecular complexity index is 1210. The van der Waals surface area contributed by atoms with Gasteiger partial charge in [-0.1, -0.05) is 72.4 Å². The van der Waals surface area contributed by atoms with E-state index in [4.69, 9.17) is 0 Å². The molecule has 1 N–H and O–H groups in total. The summed E-state index contributed by atoms with van der Waals surface area (Å²) in [4.78, 5) is 13.0. The molecule has 4 rings (SSSR count). The van der Waals surface area contributed by atoms with Gasteiger partial charge in [-0.15, -0.1) is 5.10 Å². The zero-order valence-corrected chi connectivity index (χ0v) is 18.4. The number of aryl methyl sites for hydroxylation is 2. The first-order valence-corrected chi connectivity index (χ1v) is 10.9. The molecule has 0 aliphatic heterocycles. The van der Waals surface area contributed by atoms with Crippen molar-refractivity contribution < 1.29 is 4.79 Å². The van der Waals surface area contributed by atoms with Crippen LogP contribution in [0.2, 0.25) is 0 Å². The first-order valence-electron chi connectivity index (χ1n) is 10.0. The van der Waals surface area contributed by atoms with E-state index in [0.717, 1.165) is 33.6 Å². The van der Waals surface area contributed by atoms with Crippen molar-refractivity contribution in [3.05, 3.63) is 83.9 Å². The highest BCUT2D eigenvalue weighted by molar-refractivity contribution is 8.00. The number of para-hydroxylation sites is 1. The van der Waals surface area contributed by atoms with E-state index < -0.39 is 5.25 Å². The number of anilines is 1. The van der Waals surface area contributed by atoms with Crippen molar-refractivity contribution in [1.29, 1.82) is 0 Å². The van der Waals surface area contributed by atoms with Crippen molar-refractivity contribution in [3.63, 3.8) is 0 Å². The smallest absolute Gasteiger partial charge is 0.237 e. The minimum absolute atomic E-state index is 0.108. The molecular weight excluding hydrogens is 406 g/mol. The number of rotatable bonds is 6. The average molecular weight is 430 g/mol. The molecule has 3 aromatic carbocycles. The predicted octanol–water partition coefficient (Wildman–Crippen LogP) is 5.07. The van der Waals surface area contributed by atoms with Crippen molar-refractivity contribution in [2.24, 2.45) is 0 Å². The monoisotopic (exact) mass is 429 g/mol. The normalized spacial score (nSPS) is 11.8. The summed E-state index contributed by atoms with van der Waals surface area (Å²) < 4.78 is 1.69. The zero-order chi connectivity index (χ0) is 21.8. The minimum atomic E-state index is -0.390. The highest BCUT2D eigenvalue weighted by atomic mass is 32.2. The Hall–Kier alpha value is -3.45. The van der Waals surface area contributed by atoms with Gasteiger partial charge in [0.25, 0.3) is 0 Å². The fraction of sp³-hybridized carbons (Fsp3) is 0.167. The largest absolute Gasteiger partial charge is 0.325 e. The van der Waals surface area contributed by atoms with Crippen molar-refractivity contribution >= 4 is 23.4 Å². The number of tetrazole rings is 1. The molecule has 1 atom stereocenters. The number of hydrogen-bond donors (Lipinski definition) is 1. The van der Waals surface area contributed by atoms with Crippen LogP contribution in [0.15, 0.2) is 78.0 Å². The van der Waals surface area contributed by atoms with Gasteiger partial charge in [-0.2, -0.15) is 4.68 Å². The van der Waals surface area contributed by atoms with E-state index in [1.807, 2.05) is 87.5 Å². The number of carbonyl (C=O) groups excluding carboxylic acids is 1. The highest BCUT2D eigenvalue weighted by Gasteiger charge is 2.21. The first kappa shape index (κ1) is 20.8. The van der Waals surface area contributed by atoms with Crippen LogP contribution in [0.5, 0.6) is 0 Å². The maximum absolute atomic E-state index is 13.0. The summed E-state index contributed by atoms with van der Waals surface area (Å²) in [6.45, 7) is 5.90. The quantitative estimate of drug-likeness (QED) is 0.434. The third-order valence-corrected chi connectivity index (χ3v) is 5.99. The predicted molar refractivity (Wildman–Crippen MR) is 124 cm³/mol. The van der Waals surface area contributed by atoms with Crippen molar-refractivity contribution in [2.45, 2.75) is 31.2 Å². The molecule has 1 unspecified atom stereocenters. The summed E-state index contributed by atoms with van der Waals surface area (Å²) in [6.07, 6.45) is 0. The Morgan fingerprint density at radius 2 is 1.74 bits per heavy atom. The summed E-state index contributed by atoms with van der Waals surface area (Å²) in [5, 5.41) is 15.4. The van der Waals surface area contributed by atoms with Gasteiger partial charge in [0.2, 0.25) is 11.1 Å². The minimum Gasteiger partial charge on any atom is -0.325 e. The van der Waals surface area contributed by atoms with Crippen LogP contribution in [0.25, 0.3) is 16.8 Å². The third-order valence-electron chi connectivity index (χ3n) is 4.95. The lowest BCUT2D eigenvalue weighted by Crippen LogP contribution is -2.23. The molecule has 1 heterocycles. The number of thioether (sulfide) groups is 1. The van der Waals surface area contributed by atoms with Gasteiger partial charge in [-0.25, -0.2) is 0 Å². The Balaban J connectivity index is 1.53. The molecule has 0 aliphatic carbocycles. The van der Waals surface area contributed by atoms with Gasteiger partial charge in [-0.3, -0.25) is 4.79 Å². The molecular formula is C24H23N5OS. The lowest BCUT2D eigenvalue weighted by atomic mass is 10.0. The molecule has 1 amide bonds. The molecule has 156 valence electrons. The second kappa shape index (κ2) is 9.14. The molecule has 0 spiro atoms. The van der Waals surface area contributed by atoms with E-state index >= 15 is 0 Å². The number of benzene rings is 3. The molecule has 4 aromatic rings. The molecule has 7 heteroatoms. The SMILES string of the molecule is Cc1ccc(C)c(-n2nnnc2SC(C)C(=O)Nc2ccccc2-c2ccccc2)c1. The number of aromatic nitrogens is 4. The Morgan fingerprint density at radius 1 is 1.00 bits per heavy atom. The number of carbonyl (C=O) groups is 1. The van der Waals surface area contributed by atoms with Gasteiger partial charge >= 0.3 is 0 Å². The molecule has 0 fully saturated rings. The Labute approximate surface area is 185 Å². The molecule has 0 aliphatic rings. The van der Waals surface area contributed by atoms with Crippen LogP contribution in [0.4, 0.5) is 5.69 Å². The van der Waals surface area contributed by atoms with Gasteiger partial charge in [0.1, 0.15) is 0 Å². The summed E-state index contributed by atoms with van der Waals surface area (Å²) in [7, 11) is 0. The molecule has 31 heavy (non-hydrogen) atoms. The van der Waals surface area contributed by atoms with Crippen molar-refractivity contribution in [2.75, 3.05) is 5.32 Å². The topological polar surface area (TPSA) is 72.7 Å². The second-order valence-corrected chi connectivity index (χ2v) is 8.63. The Morgan fingerprint density at radius 3 is 2.55 bits per heavy atom. The van der Waals surface area contributed by atoms with Crippen LogP contribution in [0.1, 0.15) is 18.1 Å². The number of nitrogens with zero attached hydrogens (tertiary/aromatic N) is 4. The van der Waals surface area contributed by atoms with E-state index in [0.29, 0.717) is 5.16 Å². The number of hydrogen-bond acceptors (Lipinski definition) is 5. The van der Waals surface area contributed by atoms with Crippen LogP contribution >= 0.6 is 11.8 Å². The molecule has 0 saturated heterocycles. The van der Waals surface area contributed by atoms with Crippen molar-refractivity contribution in [3.8, 4) is 16.8 Å². The van der Waals surface area contributed by atoms with Crippen LogP contribution in [0.3, 0.4) is 0 Å². The maximum Gasteiger partial charge on any atom is 0.237 e. The fourth-order valence-corrected chi connectivity index (χ4v) is 4.06. The van der Waals surface area contributed by atoms with Gasteiger partial charge < -0.3 is 5.32 Å². The number of amides is 1. The second-order valence-electron chi connectivity index (χ2n) is 7.32. The van der Waals surface area contributed by atoms with E-state index in [1.54, 1.807) is 4.68 Å². The zero-order valence-electron chi connectivity index (χ0n) is 17.6. The van der Waals surface area contributed by atoms with Gasteiger partial charge in [-0.05, 0) is 60.0 Å². The molecule has 0 radical (unpaired) electrons. The number of nitrogens with one attached hydrogen (secondary N) is 1. The summed E-state index contributed by atoms with van der Waals surface area (Å²) in [5.74, 6) is -0.108. The lowest BCUT2D eigenvalue weighted by Gasteiger charge is -2.15. The summed E-state index contributed by atoms with van der Waals surface area (Å²) >= 11 is 1.33. The van der Waals surface area contributed by atoms with Crippen LogP contribution < -0.4 is 5.32 Å². The van der Waals surface area contributed by atoms with Gasteiger partial charge in [0.15, 0.2) is 0 Å².